The Bertz CT molecular complexity index is 684. The lowest BCUT2D eigenvalue weighted by Crippen LogP contribution is -2.32. The maximum absolute atomic E-state index is 11.7. The quantitative estimate of drug-likeness (QED) is 0.905. The van der Waals surface area contributed by atoms with Crippen molar-refractivity contribution in [3.8, 4) is 0 Å². The number of amides is 2. The van der Waals surface area contributed by atoms with E-state index < -0.39 is 6.03 Å². The van der Waals surface area contributed by atoms with Gasteiger partial charge in [-0.2, -0.15) is 0 Å². The molecule has 20 heavy (non-hydrogen) atoms. The van der Waals surface area contributed by atoms with Crippen LogP contribution in [0.5, 0.6) is 0 Å². The Labute approximate surface area is 120 Å². The van der Waals surface area contributed by atoms with E-state index in [1.54, 1.807) is 25.2 Å². The molecule has 0 aliphatic rings. The molecule has 1 heterocycles. The molecule has 7 heteroatoms. The fourth-order valence-electron chi connectivity index (χ4n) is 1.56. The van der Waals surface area contributed by atoms with Crippen LogP contribution in [0.3, 0.4) is 0 Å². The minimum Gasteiger partial charge on any atom is -0.334 e. The zero-order valence-electron chi connectivity index (χ0n) is 10.8. The summed E-state index contributed by atoms with van der Waals surface area (Å²) in [7, 11) is 1.58. The Morgan fingerprint density at radius 2 is 2.25 bits per heavy atom. The SMILES string of the molecule is Cn1ccnc(NC(=O)NCc2cccc(Cl)c2)c1=O. The van der Waals surface area contributed by atoms with Crippen LogP contribution < -0.4 is 16.2 Å². The summed E-state index contributed by atoms with van der Waals surface area (Å²) in [6.07, 6.45) is 2.95. The van der Waals surface area contributed by atoms with Crippen LogP contribution in [0, 0.1) is 0 Å². The molecule has 1 aromatic carbocycles. The number of nitrogens with one attached hydrogen (secondary N) is 2. The second-order valence-electron chi connectivity index (χ2n) is 4.13. The van der Waals surface area contributed by atoms with Crippen LogP contribution in [-0.2, 0) is 13.6 Å². The van der Waals surface area contributed by atoms with E-state index >= 15 is 0 Å². The van der Waals surface area contributed by atoms with Crippen LogP contribution in [-0.4, -0.2) is 15.6 Å². The molecule has 0 bridgehead atoms. The minimum atomic E-state index is -0.499. The van der Waals surface area contributed by atoms with Gasteiger partial charge in [-0.3, -0.25) is 10.1 Å². The summed E-state index contributed by atoms with van der Waals surface area (Å²) in [5.74, 6) is -0.0152. The molecule has 0 saturated carbocycles. The highest BCUT2D eigenvalue weighted by Crippen LogP contribution is 2.10. The number of carbonyl (C=O) groups is 1. The molecule has 2 aromatic rings. The number of hydrogen-bond acceptors (Lipinski definition) is 3. The highest BCUT2D eigenvalue weighted by atomic mass is 35.5. The second kappa shape index (κ2) is 6.21. The molecule has 0 unspecified atom stereocenters. The first kappa shape index (κ1) is 14.1. The second-order valence-corrected chi connectivity index (χ2v) is 4.57. The number of aromatic nitrogens is 2. The van der Waals surface area contributed by atoms with Crippen molar-refractivity contribution in [1.29, 1.82) is 0 Å². The maximum Gasteiger partial charge on any atom is 0.320 e. The predicted molar refractivity (Wildman–Crippen MR) is 76.8 cm³/mol. The first-order valence-electron chi connectivity index (χ1n) is 5.87. The number of aryl methyl sites for hydroxylation is 1. The number of carbonyl (C=O) groups excluding carboxylic acids is 1. The van der Waals surface area contributed by atoms with Gasteiger partial charge in [-0.1, -0.05) is 23.7 Å². The van der Waals surface area contributed by atoms with E-state index in [4.69, 9.17) is 11.6 Å². The summed E-state index contributed by atoms with van der Waals surface area (Å²) >= 11 is 5.85. The molecule has 0 saturated heterocycles. The van der Waals surface area contributed by atoms with Gasteiger partial charge in [0.25, 0.3) is 5.56 Å². The maximum atomic E-state index is 11.7. The van der Waals surface area contributed by atoms with Gasteiger partial charge < -0.3 is 9.88 Å². The molecule has 0 atom stereocenters. The lowest BCUT2D eigenvalue weighted by atomic mass is 10.2. The molecule has 2 amide bonds. The molecule has 2 rings (SSSR count). The van der Waals surface area contributed by atoms with Crippen molar-refractivity contribution in [2.45, 2.75) is 6.54 Å². The van der Waals surface area contributed by atoms with E-state index in [0.717, 1.165) is 5.56 Å². The average Bonchev–Trinajstić information content (AvgIpc) is 2.42. The van der Waals surface area contributed by atoms with Gasteiger partial charge in [-0.15, -0.1) is 0 Å². The zero-order chi connectivity index (χ0) is 14.5. The minimum absolute atomic E-state index is 0.0152. The van der Waals surface area contributed by atoms with Crippen molar-refractivity contribution in [2.75, 3.05) is 5.32 Å². The van der Waals surface area contributed by atoms with E-state index in [0.29, 0.717) is 11.6 Å². The van der Waals surface area contributed by atoms with Gasteiger partial charge in [-0.05, 0) is 17.7 Å². The molecule has 0 fully saturated rings. The predicted octanol–water partition coefficient (Wildman–Crippen LogP) is 1.76. The van der Waals surface area contributed by atoms with Gasteiger partial charge >= 0.3 is 6.03 Å². The normalized spacial score (nSPS) is 10.1. The Hall–Kier alpha value is -2.34. The topological polar surface area (TPSA) is 76.0 Å². The van der Waals surface area contributed by atoms with Gasteiger partial charge in [0.15, 0.2) is 0 Å². The van der Waals surface area contributed by atoms with Crippen LogP contribution >= 0.6 is 11.6 Å². The number of urea groups is 1. The summed E-state index contributed by atoms with van der Waals surface area (Å²) in [6.45, 7) is 0.305. The van der Waals surface area contributed by atoms with Crippen molar-refractivity contribution in [3.05, 3.63) is 57.6 Å². The van der Waals surface area contributed by atoms with Gasteiger partial charge in [-0.25, -0.2) is 9.78 Å². The number of benzene rings is 1. The van der Waals surface area contributed by atoms with Crippen LogP contribution in [0.2, 0.25) is 5.02 Å². The van der Waals surface area contributed by atoms with E-state index in [1.165, 1.54) is 17.0 Å². The largest absolute Gasteiger partial charge is 0.334 e. The first-order valence-corrected chi connectivity index (χ1v) is 6.25. The van der Waals surface area contributed by atoms with Crippen LogP contribution in [0.15, 0.2) is 41.5 Å². The van der Waals surface area contributed by atoms with Crippen LogP contribution in [0.1, 0.15) is 5.56 Å². The summed E-state index contributed by atoms with van der Waals surface area (Å²) in [4.78, 5) is 27.2. The van der Waals surface area contributed by atoms with Crippen molar-refractivity contribution >= 4 is 23.4 Å². The molecule has 104 valence electrons. The van der Waals surface area contributed by atoms with E-state index in [2.05, 4.69) is 15.6 Å². The Morgan fingerprint density at radius 1 is 1.45 bits per heavy atom. The van der Waals surface area contributed by atoms with E-state index in [-0.39, 0.29) is 11.4 Å². The first-order chi connectivity index (χ1) is 9.56. The summed E-state index contributed by atoms with van der Waals surface area (Å²) in [5, 5.41) is 5.63. The molecule has 0 aliphatic heterocycles. The number of nitrogens with zero attached hydrogens (tertiary/aromatic N) is 2. The third-order valence-electron chi connectivity index (χ3n) is 2.59. The Kier molecular flexibility index (Phi) is 4.37. The average molecular weight is 293 g/mol. The fraction of sp³-hybridized carbons (Fsp3) is 0.154. The fourth-order valence-corrected chi connectivity index (χ4v) is 1.78. The molecular weight excluding hydrogens is 280 g/mol. The number of anilines is 1. The van der Waals surface area contributed by atoms with Crippen molar-refractivity contribution < 1.29 is 4.79 Å². The molecule has 2 N–H and O–H groups in total. The summed E-state index contributed by atoms with van der Waals surface area (Å²) in [5.41, 5.74) is 0.493. The Balaban J connectivity index is 1.96. The monoisotopic (exact) mass is 292 g/mol. The van der Waals surface area contributed by atoms with Crippen LogP contribution in [0.25, 0.3) is 0 Å². The standard InChI is InChI=1S/C13H13ClN4O2/c1-18-6-5-15-11(12(18)19)17-13(20)16-8-9-3-2-4-10(14)7-9/h2-7H,8H2,1H3,(H2,15,16,17,20). The van der Waals surface area contributed by atoms with Crippen molar-refractivity contribution in [2.24, 2.45) is 7.05 Å². The van der Waals surface area contributed by atoms with Crippen molar-refractivity contribution in [3.63, 3.8) is 0 Å². The Morgan fingerprint density at radius 3 is 3.00 bits per heavy atom. The van der Waals surface area contributed by atoms with Gasteiger partial charge in [0.2, 0.25) is 5.82 Å². The molecule has 0 aliphatic carbocycles. The smallest absolute Gasteiger partial charge is 0.320 e. The highest BCUT2D eigenvalue weighted by molar-refractivity contribution is 6.30. The number of rotatable bonds is 3. The van der Waals surface area contributed by atoms with Gasteiger partial charge in [0.1, 0.15) is 0 Å². The lowest BCUT2D eigenvalue weighted by Gasteiger charge is -2.07. The lowest BCUT2D eigenvalue weighted by molar-refractivity contribution is 0.251. The van der Waals surface area contributed by atoms with Crippen LogP contribution in [0.4, 0.5) is 10.6 Å². The molecule has 0 spiro atoms. The van der Waals surface area contributed by atoms with E-state index in [9.17, 15) is 9.59 Å². The molecule has 1 aromatic heterocycles. The zero-order valence-corrected chi connectivity index (χ0v) is 11.5. The molecule has 0 radical (unpaired) electrons. The van der Waals surface area contributed by atoms with Crippen molar-refractivity contribution in [1.82, 2.24) is 14.9 Å². The highest BCUT2D eigenvalue weighted by Gasteiger charge is 2.07. The number of halogens is 1. The van der Waals surface area contributed by atoms with E-state index in [1.807, 2.05) is 6.07 Å². The van der Waals surface area contributed by atoms with Gasteiger partial charge in [0, 0.05) is 31.0 Å². The number of hydrogen-bond donors (Lipinski definition) is 2. The third-order valence-corrected chi connectivity index (χ3v) is 2.83. The van der Waals surface area contributed by atoms with Gasteiger partial charge in [0.05, 0.1) is 0 Å². The summed E-state index contributed by atoms with van der Waals surface area (Å²) < 4.78 is 1.33. The third kappa shape index (κ3) is 3.58. The summed E-state index contributed by atoms with van der Waals surface area (Å²) in [6, 6.07) is 6.64. The molecular formula is C13H13ClN4O2. The molecule has 6 nitrogen and oxygen atoms in total.